The summed E-state index contributed by atoms with van der Waals surface area (Å²) < 4.78 is 15.7. The molecule has 0 aliphatic rings. The molecule has 2 aromatic carbocycles. The Morgan fingerprint density at radius 3 is 2.05 bits per heavy atom. The Kier molecular flexibility index (Phi) is 14.5. The number of nitrogens with one attached hydrogen (secondary N) is 1. The number of nitroso groups, excluding NO2 is 1. The van der Waals surface area contributed by atoms with Gasteiger partial charge in [0.15, 0.2) is 0 Å². The molecule has 202 valence electrons. The first-order valence-electron chi connectivity index (χ1n) is 11.1. The molecule has 0 saturated heterocycles. The molecule has 0 radical (unpaired) electrons. The fraction of sp³-hybridized carbons (Fsp3) is 0.280. The fourth-order valence-corrected chi connectivity index (χ4v) is 2.58. The van der Waals surface area contributed by atoms with Crippen LogP contribution in [-0.2, 0) is 14.2 Å². The number of hydrogen-bond acceptors (Lipinski definition) is 12. The number of methoxy groups -OCH3 is 3. The van der Waals surface area contributed by atoms with Crippen molar-refractivity contribution in [2.75, 3.05) is 46.8 Å². The van der Waals surface area contributed by atoms with Crippen molar-refractivity contribution in [3.63, 3.8) is 0 Å². The fourth-order valence-electron chi connectivity index (χ4n) is 2.58. The lowest BCUT2D eigenvalue weighted by Crippen LogP contribution is -2.06. The third kappa shape index (κ3) is 11.3. The van der Waals surface area contributed by atoms with Crippen LogP contribution < -0.4 is 5.32 Å². The van der Waals surface area contributed by atoms with Crippen molar-refractivity contribution in [2.45, 2.75) is 6.92 Å². The second kappa shape index (κ2) is 17.6. The Bertz CT molecular complexity index is 1170. The standard InChI is InChI=1S/C24H28N6O5.CH3NO/c1-17(26-27-21-10-12-22(13-11-21)30(31)32)24(35-5)16-23(18(2)34-4)29-28-20-8-6-19(7-9-20)25-14-15-33-3;1-2-3/h6-13,16,25H,2,14-15H2,1,3-5H3;1H3/b23-16+,24-17-,27-26?,29-28?;. The van der Waals surface area contributed by atoms with E-state index < -0.39 is 4.92 Å². The van der Waals surface area contributed by atoms with Crippen molar-refractivity contribution in [2.24, 2.45) is 25.6 Å². The number of hydrogen-bond donors (Lipinski definition) is 1. The third-order valence-electron chi connectivity index (χ3n) is 4.53. The first kappa shape index (κ1) is 31.3. The normalized spacial score (nSPS) is 11.9. The number of nitro benzene ring substituents is 1. The lowest BCUT2D eigenvalue weighted by molar-refractivity contribution is -0.384. The van der Waals surface area contributed by atoms with E-state index in [4.69, 9.17) is 19.1 Å². The zero-order chi connectivity index (χ0) is 28.3. The van der Waals surface area contributed by atoms with Crippen LogP contribution in [0.2, 0.25) is 0 Å². The Labute approximate surface area is 220 Å². The van der Waals surface area contributed by atoms with Gasteiger partial charge in [0.05, 0.1) is 44.2 Å². The lowest BCUT2D eigenvalue weighted by atomic mass is 10.3. The summed E-state index contributed by atoms with van der Waals surface area (Å²) in [4.78, 5) is 18.9. The molecule has 0 amide bonds. The number of anilines is 1. The molecule has 0 unspecified atom stereocenters. The van der Waals surface area contributed by atoms with E-state index in [2.05, 4.69) is 37.5 Å². The quantitative estimate of drug-likeness (QED) is 0.0570. The molecule has 38 heavy (non-hydrogen) atoms. The highest BCUT2D eigenvalue weighted by molar-refractivity contribution is 5.50. The number of non-ortho nitro benzene ring substituents is 1. The van der Waals surface area contributed by atoms with Crippen LogP contribution in [0.5, 0.6) is 0 Å². The van der Waals surface area contributed by atoms with E-state index in [0.29, 0.717) is 41.7 Å². The van der Waals surface area contributed by atoms with Gasteiger partial charge in [-0.2, -0.15) is 20.2 Å². The van der Waals surface area contributed by atoms with Gasteiger partial charge in [0.2, 0.25) is 0 Å². The summed E-state index contributed by atoms with van der Waals surface area (Å²) in [6.07, 6.45) is 1.58. The summed E-state index contributed by atoms with van der Waals surface area (Å²) in [6.45, 7) is 6.86. The molecule has 0 bridgehead atoms. The average Bonchev–Trinajstić information content (AvgIpc) is 2.93. The van der Waals surface area contributed by atoms with Crippen molar-refractivity contribution in [1.82, 2.24) is 0 Å². The molecule has 1 N–H and O–H groups in total. The highest BCUT2D eigenvalue weighted by Gasteiger charge is 2.08. The maximum absolute atomic E-state index is 10.8. The first-order chi connectivity index (χ1) is 18.3. The summed E-state index contributed by atoms with van der Waals surface area (Å²) in [5.41, 5.74) is 2.77. The smallest absolute Gasteiger partial charge is 0.269 e. The SMILES string of the molecule is C=C(OC)/C(=C\C(OC)=C(/C)N=Nc1ccc([N+](=O)[O-])cc1)N=Nc1ccc(NCCOC)cc1.CN=O. The molecule has 0 fully saturated rings. The van der Waals surface area contributed by atoms with Gasteiger partial charge < -0.3 is 19.5 Å². The summed E-state index contributed by atoms with van der Waals surface area (Å²) in [5.74, 6) is 0.641. The van der Waals surface area contributed by atoms with Crippen LogP contribution in [0.25, 0.3) is 0 Å². The number of nitro groups is 1. The maximum atomic E-state index is 10.8. The summed E-state index contributed by atoms with van der Waals surface area (Å²) in [7, 11) is 5.80. The molecule has 0 atom stereocenters. The minimum absolute atomic E-state index is 0.0261. The van der Waals surface area contributed by atoms with Crippen molar-refractivity contribution >= 4 is 22.7 Å². The minimum Gasteiger partial charge on any atom is -0.495 e. The molecule has 0 aromatic heterocycles. The van der Waals surface area contributed by atoms with Gasteiger partial charge in [-0.15, -0.1) is 5.11 Å². The highest BCUT2D eigenvalue weighted by atomic mass is 16.6. The van der Waals surface area contributed by atoms with Crippen molar-refractivity contribution in [3.05, 3.63) is 99.1 Å². The van der Waals surface area contributed by atoms with E-state index in [1.54, 1.807) is 20.1 Å². The van der Waals surface area contributed by atoms with E-state index in [9.17, 15) is 10.1 Å². The Balaban J connectivity index is 0.00000229. The highest BCUT2D eigenvalue weighted by Crippen LogP contribution is 2.23. The Morgan fingerprint density at radius 1 is 1.00 bits per heavy atom. The van der Waals surface area contributed by atoms with Crippen LogP contribution in [0.4, 0.5) is 22.7 Å². The van der Waals surface area contributed by atoms with Crippen molar-refractivity contribution in [1.29, 1.82) is 0 Å². The molecule has 0 spiro atoms. The summed E-state index contributed by atoms with van der Waals surface area (Å²) in [5, 5.41) is 33.0. The molecule has 0 aliphatic carbocycles. The number of nitrogens with zero attached hydrogens (tertiary/aromatic N) is 6. The van der Waals surface area contributed by atoms with E-state index >= 15 is 0 Å². The van der Waals surface area contributed by atoms with Crippen LogP contribution in [0, 0.1) is 15.0 Å². The third-order valence-corrected chi connectivity index (χ3v) is 4.53. The van der Waals surface area contributed by atoms with Crippen LogP contribution in [0.1, 0.15) is 6.92 Å². The van der Waals surface area contributed by atoms with Crippen LogP contribution >= 0.6 is 0 Å². The van der Waals surface area contributed by atoms with Crippen LogP contribution in [-0.4, -0.2) is 46.5 Å². The second-order valence-electron chi connectivity index (χ2n) is 7.13. The second-order valence-corrected chi connectivity index (χ2v) is 7.13. The average molecular weight is 526 g/mol. The molecule has 2 aromatic rings. The van der Waals surface area contributed by atoms with E-state index in [1.165, 1.54) is 45.5 Å². The summed E-state index contributed by atoms with van der Waals surface area (Å²) in [6, 6.07) is 13.1. The van der Waals surface area contributed by atoms with Gasteiger partial charge in [-0.1, -0.05) is 11.8 Å². The zero-order valence-corrected chi connectivity index (χ0v) is 22.0. The molecular formula is C25H31N7O6. The lowest BCUT2D eigenvalue weighted by Gasteiger charge is -2.07. The molecule has 0 aliphatic heterocycles. The Hall–Kier alpha value is -4.78. The van der Waals surface area contributed by atoms with Gasteiger partial charge in [0, 0.05) is 37.6 Å². The van der Waals surface area contributed by atoms with Gasteiger partial charge >= 0.3 is 0 Å². The molecule has 0 saturated carbocycles. The number of rotatable bonds is 13. The molecule has 13 nitrogen and oxygen atoms in total. The van der Waals surface area contributed by atoms with Crippen molar-refractivity contribution < 1.29 is 19.1 Å². The number of benzene rings is 2. The van der Waals surface area contributed by atoms with Gasteiger partial charge in [0.25, 0.3) is 5.69 Å². The van der Waals surface area contributed by atoms with Crippen LogP contribution in [0.3, 0.4) is 0 Å². The topological polar surface area (TPSA) is 162 Å². The van der Waals surface area contributed by atoms with Gasteiger partial charge in [-0.25, -0.2) is 0 Å². The minimum atomic E-state index is -0.479. The largest absolute Gasteiger partial charge is 0.495 e. The van der Waals surface area contributed by atoms with E-state index in [1.807, 2.05) is 24.3 Å². The molecular weight excluding hydrogens is 494 g/mol. The number of azo groups is 2. The van der Waals surface area contributed by atoms with Gasteiger partial charge in [0.1, 0.15) is 22.9 Å². The van der Waals surface area contributed by atoms with Crippen LogP contribution in [0.15, 0.2) is 110 Å². The zero-order valence-electron chi connectivity index (χ0n) is 22.0. The molecule has 2 rings (SSSR count). The number of ether oxygens (including phenoxy) is 3. The predicted molar refractivity (Wildman–Crippen MR) is 145 cm³/mol. The van der Waals surface area contributed by atoms with E-state index in [0.717, 1.165) is 5.69 Å². The predicted octanol–water partition coefficient (Wildman–Crippen LogP) is 6.83. The Morgan fingerprint density at radius 2 is 1.55 bits per heavy atom. The van der Waals surface area contributed by atoms with Crippen molar-refractivity contribution in [3.8, 4) is 0 Å². The number of allylic oxidation sites excluding steroid dienone is 2. The summed E-state index contributed by atoms with van der Waals surface area (Å²) >= 11 is 0. The molecule has 13 heteroatoms. The maximum Gasteiger partial charge on any atom is 0.269 e. The van der Waals surface area contributed by atoms with E-state index in [-0.39, 0.29) is 11.4 Å². The monoisotopic (exact) mass is 525 g/mol. The van der Waals surface area contributed by atoms with Gasteiger partial charge in [-0.05, 0) is 43.3 Å². The first-order valence-corrected chi connectivity index (χ1v) is 11.1. The molecule has 0 heterocycles. The van der Waals surface area contributed by atoms with Gasteiger partial charge in [-0.3, -0.25) is 10.1 Å².